The van der Waals surface area contributed by atoms with Gasteiger partial charge in [0.05, 0.1) is 11.1 Å². The van der Waals surface area contributed by atoms with Crippen LogP contribution in [0.1, 0.15) is 31.8 Å². The van der Waals surface area contributed by atoms with E-state index in [4.69, 9.17) is 0 Å². The summed E-state index contributed by atoms with van der Waals surface area (Å²) in [6.45, 7) is 0. The summed E-state index contributed by atoms with van der Waals surface area (Å²) in [5, 5.41) is 39.0. The largest absolute Gasteiger partial charge is 0.507 e. The minimum absolute atomic E-state index is 0.00157. The van der Waals surface area contributed by atoms with E-state index in [0.717, 1.165) is 18.2 Å². The van der Waals surface area contributed by atoms with Gasteiger partial charge in [0.2, 0.25) is 0 Å². The molecule has 0 bridgehead atoms. The summed E-state index contributed by atoms with van der Waals surface area (Å²) in [7, 11) is 0. The Morgan fingerprint density at radius 2 is 1.33 bits per heavy atom. The molecule has 2 aromatic rings. The van der Waals surface area contributed by atoms with Crippen molar-refractivity contribution in [2.75, 3.05) is 0 Å². The van der Waals surface area contributed by atoms with E-state index in [0.29, 0.717) is 0 Å². The van der Waals surface area contributed by atoms with Gasteiger partial charge in [0.15, 0.2) is 23.1 Å². The lowest BCUT2D eigenvalue weighted by atomic mass is 9.97. The lowest BCUT2D eigenvalue weighted by Crippen LogP contribution is -2.07. The fourth-order valence-corrected chi connectivity index (χ4v) is 2.49. The van der Waals surface area contributed by atoms with Crippen molar-refractivity contribution < 1.29 is 30.0 Å². The van der Waals surface area contributed by atoms with Gasteiger partial charge in [-0.1, -0.05) is 0 Å². The van der Waals surface area contributed by atoms with Gasteiger partial charge in [0.1, 0.15) is 11.5 Å². The predicted molar refractivity (Wildman–Crippen MR) is 71.0 cm³/mol. The number of ketones is 2. The molecule has 0 amide bonds. The maximum atomic E-state index is 12.5. The molecular weight excluding hydrogens is 276 g/mol. The average molecular weight is 286 g/mol. The van der Waals surface area contributed by atoms with Gasteiger partial charge in [-0.05, 0) is 24.3 Å². The number of hydrogen-bond donors (Lipinski definition) is 4. The van der Waals surface area contributed by atoms with Crippen molar-refractivity contribution in [1.82, 2.24) is 0 Å². The normalized spacial score (nSPS) is 13.5. The SMILES string of the molecule is O=C1Cc2c(ccc(O)c2O)C(=O)c2c(O)ccc(O)c21. The van der Waals surface area contributed by atoms with Gasteiger partial charge in [-0.3, -0.25) is 9.59 Å². The van der Waals surface area contributed by atoms with Crippen molar-refractivity contribution in [3.05, 3.63) is 46.5 Å². The second kappa shape index (κ2) is 4.24. The van der Waals surface area contributed by atoms with Gasteiger partial charge in [-0.25, -0.2) is 0 Å². The van der Waals surface area contributed by atoms with Crippen LogP contribution in [0.25, 0.3) is 0 Å². The van der Waals surface area contributed by atoms with Crippen molar-refractivity contribution >= 4 is 11.6 Å². The molecule has 1 aliphatic carbocycles. The van der Waals surface area contributed by atoms with E-state index in [2.05, 4.69) is 0 Å². The van der Waals surface area contributed by atoms with E-state index in [9.17, 15) is 30.0 Å². The van der Waals surface area contributed by atoms with Gasteiger partial charge in [-0.2, -0.15) is 0 Å². The number of carbonyl (C=O) groups excluding carboxylic acids is 2. The van der Waals surface area contributed by atoms with Crippen LogP contribution in [-0.4, -0.2) is 32.0 Å². The maximum Gasteiger partial charge on any atom is 0.198 e. The van der Waals surface area contributed by atoms with Crippen molar-refractivity contribution in [2.45, 2.75) is 6.42 Å². The first-order valence-corrected chi connectivity index (χ1v) is 6.08. The third-order valence-electron chi connectivity index (χ3n) is 3.51. The third kappa shape index (κ3) is 1.73. The van der Waals surface area contributed by atoms with Crippen LogP contribution in [0.4, 0.5) is 0 Å². The molecule has 1 aliphatic rings. The molecule has 6 heteroatoms. The predicted octanol–water partition coefficient (Wildman–Crippen LogP) is 1.48. The summed E-state index contributed by atoms with van der Waals surface area (Å²) in [4.78, 5) is 24.7. The van der Waals surface area contributed by atoms with Crippen LogP contribution in [0.2, 0.25) is 0 Å². The standard InChI is InChI=1S/C15H10O6/c16-8-3-4-9(17)13-12(8)11(19)5-7-6(15(13)21)1-2-10(18)14(7)20/h1-4,16-18,20H,5H2. The third-order valence-corrected chi connectivity index (χ3v) is 3.51. The zero-order chi connectivity index (χ0) is 15.3. The van der Waals surface area contributed by atoms with E-state index >= 15 is 0 Å². The topological polar surface area (TPSA) is 115 Å². The zero-order valence-electron chi connectivity index (χ0n) is 10.6. The van der Waals surface area contributed by atoms with E-state index in [1.54, 1.807) is 0 Å². The fraction of sp³-hybridized carbons (Fsp3) is 0.0667. The van der Waals surface area contributed by atoms with Gasteiger partial charge < -0.3 is 20.4 Å². The number of phenols is 4. The monoisotopic (exact) mass is 286 g/mol. The molecule has 0 aliphatic heterocycles. The Balaban J connectivity index is 2.38. The number of carbonyl (C=O) groups is 2. The van der Waals surface area contributed by atoms with E-state index in [1.807, 2.05) is 0 Å². The molecule has 3 rings (SSSR count). The highest BCUT2D eigenvalue weighted by Gasteiger charge is 2.32. The van der Waals surface area contributed by atoms with Crippen LogP contribution >= 0.6 is 0 Å². The average Bonchev–Trinajstić information content (AvgIpc) is 2.56. The fourth-order valence-electron chi connectivity index (χ4n) is 2.49. The lowest BCUT2D eigenvalue weighted by Gasteiger charge is -2.09. The quantitative estimate of drug-likeness (QED) is 0.430. The van der Waals surface area contributed by atoms with E-state index < -0.39 is 34.6 Å². The summed E-state index contributed by atoms with van der Waals surface area (Å²) >= 11 is 0. The molecule has 2 aromatic carbocycles. The Kier molecular flexibility index (Phi) is 2.62. The van der Waals surface area contributed by atoms with Gasteiger partial charge >= 0.3 is 0 Å². The first kappa shape index (κ1) is 13.0. The molecular formula is C15H10O6. The smallest absolute Gasteiger partial charge is 0.198 e. The molecule has 21 heavy (non-hydrogen) atoms. The van der Waals surface area contributed by atoms with Gasteiger partial charge in [-0.15, -0.1) is 0 Å². The van der Waals surface area contributed by atoms with Crippen molar-refractivity contribution in [3.63, 3.8) is 0 Å². The molecule has 0 heterocycles. The zero-order valence-corrected chi connectivity index (χ0v) is 10.6. The second-order valence-electron chi connectivity index (χ2n) is 4.74. The van der Waals surface area contributed by atoms with E-state index in [-0.39, 0.29) is 28.7 Å². The summed E-state index contributed by atoms with van der Waals surface area (Å²) in [6.07, 6.45) is -0.370. The molecule has 0 saturated carbocycles. The molecule has 4 N–H and O–H groups in total. The number of Topliss-reactive ketones (excluding diaryl/α,β-unsaturated/α-hetero) is 1. The highest BCUT2D eigenvalue weighted by Crippen LogP contribution is 2.40. The molecule has 6 nitrogen and oxygen atoms in total. The maximum absolute atomic E-state index is 12.5. The number of benzene rings is 2. The number of aromatic hydroxyl groups is 4. The Morgan fingerprint density at radius 3 is 2.00 bits per heavy atom. The minimum atomic E-state index is -0.699. The Morgan fingerprint density at radius 1 is 0.762 bits per heavy atom. The Bertz CT molecular complexity index is 806. The first-order chi connectivity index (χ1) is 9.91. The summed E-state index contributed by atoms with van der Waals surface area (Å²) in [5.74, 6) is -3.19. The number of hydrogen-bond acceptors (Lipinski definition) is 6. The highest BCUT2D eigenvalue weighted by atomic mass is 16.3. The second-order valence-corrected chi connectivity index (χ2v) is 4.74. The van der Waals surface area contributed by atoms with Crippen molar-refractivity contribution in [2.24, 2.45) is 0 Å². The van der Waals surface area contributed by atoms with Gasteiger partial charge in [0, 0.05) is 17.5 Å². The molecule has 0 fully saturated rings. The summed E-state index contributed by atoms with van der Waals surface area (Å²) < 4.78 is 0. The number of rotatable bonds is 0. The van der Waals surface area contributed by atoms with Crippen molar-refractivity contribution in [1.29, 1.82) is 0 Å². The van der Waals surface area contributed by atoms with Gasteiger partial charge in [0.25, 0.3) is 0 Å². The molecule has 106 valence electrons. The van der Waals surface area contributed by atoms with Crippen molar-refractivity contribution in [3.8, 4) is 23.0 Å². The molecule has 0 atom stereocenters. The summed E-state index contributed by atoms with van der Waals surface area (Å²) in [5.41, 5.74) is -0.614. The molecule has 0 saturated heterocycles. The number of phenolic OH excluding ortho intramolecular Hbond substituents is 4. The van der Waals surface area contributed by atoms with Crippen LogP contribution in [-0.2, 0) is 6.42 Å². The lowest BCUT2D eigenvalue weighted by molar-refractivity contribution is 0.0980. The molecule has 0 unspecified atom stereocenters. The summed E-state index contributed by atoms with van der Waals surface area (Å²) in [6, 6.07) is 4.62. The van der Waals surface area contributed by atoms with Crippen LogP contribution in [0.15, 0.2) is 24.3 Å². The number of fused-ring (bicyclic) bond motifs is 2. The minimum Gasteiger partial charge on any atom is -0.507 e. The first-order valence-electron chi connectivity index (χ1n) is 6.08. The van der Waals surface area contributed by atoms with Crippen LogP contribution in [0, 0.1) is 0 Å². The Labute approximate surface area is 118 Å². The highest BCUT2D eigenvalue weighted by molar-refractivity contribution is 6.21. The molecule has 0 radical (unpaired) electrons. The Hall–Kier alpha value is -3.02. The van der Waals surface area contributed by atoms with Crippen LogP contribution < -0.4 is 0 Å². The van der Waals surface area contributed by atoms with E-state index in [1.165, 1.54) is 6.07 Å². The molecule has 0 spiro atoms. The van der Waals surface area contributed by atoms with Crippen LogP contribution in [0.5, 0.6) is 23.0 Å². The molecule has 0 aromatic heterocycles. The van der Waals surface area contributed by atoms with Crippen LogP contribution in [0.3, 0.4) is 0 Å².